The zero-order valence-corrected chi connectivity index (χ0v) is 15.1. The first kappa shape index (κ1) is 17.0. The molecular weight excluding hydrogens is 375 g/mol. The largest absolute Gasteiger partial charge is 0.504 e. The molecule has 1 aliphatic rings. The van der Waals surface area contributed by atoms with Crippen LogP contribution in [0.2, 0.25) is 0 Å². The third-order valence-corrected chi connectivity index (χ3v) is 4.76. The van der Waals surface area contributed by atoms with E-state index in [9.17, 15) is 9.50 Å². The Morgan fingerprint density at radius 2 is 1.88 bits per heavy atom. The summed E-state index contributed by atoms with van der Waals surface area (Å²) in [5, 5.41) is 10.3. The normalized spacial score (nSPS) is 15.5. The summed E-state index contributed by atoms with van der Waals surface area (Å²) >= 11 is 3.44. The highest BCUT2D eigenvalue weighted by atomic mass is 79.9. The molecule has 0 saturated carbocycles. The second-order valence-electron chi connectivity index (χ2n) is 5.83. The number of benzene rings is 2. The molecule has 3 rings (SSSR count). The molecule has 0 atom stereocenters. The number of phenols is 1. The van der Waals surface area contributed by atoms with E-state index >= 15 is 0 Å². The molecule has 0 aromatic heterocycles. The van der Waals surface area contributed by atoms with Crippen molar-refractivity contribution in [3.05, 3.63) is 52.3 Å². The predicted molar refractivity (Wildman–Crippen MR) is 96.2 cm³/mol. The number of para-hydroxylation sites is 1. The minimum Gasteiger partial charge on any atom is -0.504 e. The maximum Gasteiger partial charge on any atom is 0.162 e. The molecule has 1 heterocycles. The summed E-state index contributed by atoms with van der Waals surface area (Å²) in [5.74, 6) is 0.460. The summed E-state index contributed by atoms with van der Waals surface area (Å²) in [5.41, 5.74) is 1.48. The number of halogens is 2. The Balaban J connectivity index is 1.66. The van der Waals surface area contributed by atoms with Crippen LogP contribution in [0.3, 0.4) is 0 Å². The molecule has 2 aromatic rings. The molecule has 1 saturated heterocycles. The Hall–Kier alpha value is -1.79. The van der Waals surface area contributed by atoms with Crippen LogP contribution >= 0.6 is 15.9 Å². The molecule has 2 aromatic carbocycles. The van der Waals surface area contributed by atoms with Gasteiger partial charge in [0.15, 0.2) is 11.5 Å². The third-order valence-electron chi connectivity index (χ3n) is 4.30. The van der Waals surface area contributed by atoms with Gasteiger partial charge in [-0.05, 0) is 24.3 Å². The lowest BCUT2D eigenvalue weighted by Crippen LogP contribution is -2.46. The van der Waals surface area contributed by atoms with Crippen LogP contribution in [0.25, 0.3) is 0 Å². The second-order valence-corrected chi connectivity index (χ2v) is 6.75. The van der Waals surface area contributed by atoms with Crippen molar-refractivity contribution in [2.45, 2.75) is 6.54 Å². The summed E-state index contributed by atoms with van der Waals surface area (Å²) in [6, 6.07) is 10.5. The van der Waals surface area contributed by atoms with E-state index in [2.05, 4.69) is 25.7 Å². The van der Waals surface area contributed by atoms with Crippen LogP contribution in [0.1, 0.15) is 5.56 Å². The fourth-order valence-corrected chi connectivity index (χ4v) is 3.48. The lowest BCUT2D eigenvalue weighted by molar-refractivity contribution is 0.245. The average molecular weight is 395 g/mol. The molecule has 4 nitrogen and oxygen atoms in total. The van der Waals surface area contributed by atoms with Crippen molar-refractivity contribution in [2.75, 3.05) is 38.2 Å². The lowest BCUT2D eigenvalue weighted by atomic mass is 10.1. The highest BCUT2D eigenvalue weighted by molar-refractivity contribution is 9.10. The van der Waals surface area contributed by atoms with Gasteiger partial charge in [-0.1, -0.05) is 28.1 Å². The fraction of sp³-hybridized carbons (Fsp3) is 0.333. The number of phenolic OH excluding ortho intramolecular Hbond substituents is 1. The number of piperazine rings is 1. The molecule has 0 bridgehead atoms. The maximum absolute atomic E-state index is 13.9. The monoisotopic (exact) mass is 394 g/mol. The molecular formula is C18H20BrFN2O2. The van der Waals surface area contributed by atoms with Crippen molar-refractivity contribution in [1.29, 1.82) is 0 Å². The molecule has 6 heteroatoms. The smallest absolute Gasteiger partial charge is 0.162 e. The van der Waals surface area contributed by atoms with Crippen molar-refractivity contribution in [2.24, 2.45) is 0 Å². The van der Waals surface area contributed by atoms with Crippen LogP contribution in [0.15, 0.2) is 40.9 Å². The van der Waals surface area contributed by atoms with Crippen LogP contribution in [0.4, 0.5) is 10.1 Å². The molecule has 0 unspecified atom stereocenters. The van der Waals surface area contributed by atoms with Crippen molar-refractivity contribution in [1.82, 2.24) is 4.90 Å². The number of methoxy groups -OCH3 is 1. The SMILES string of the molecule is COc1cc(Br)cc(CN2CCN(c3ccccc3F)CC2)c1O. The summed E-state index contributed by atoms with van der Waals surface area (Å²) < 4.78 is 20.0. The quantitative estimate of drug-likeness (QED) is 0.858. The Labute approximate surface area is 149 Å². The molecule has 0 spiro atoms. The van der Waals surface area contributed by atoms with E-state index < -0.39 is 0 Å². The standard InChI is InChI=1S/C18H20BrFN2O2/c1-24-17-11-14(19)10-13(18(17)23)12-21-6-8-22(9-7-21)16-5-3-2-4-15(16)20/h2-5,10-11,23H,6-9,12H2,1H3. The molecule has 0 amide bonds. The number of hydrogen-bond acceptors (Lipinski definition) is 4. The van der Waals surface area contributed by atoms with Gasteiger partial charge in [0.1, 0.15) is 5.82 Å². The number of nitrogens with zero attached hydrogens (tertiary/aromatic N) is 2. The maximum atomic E-state index is 13.9. The van der Waals surface area contributed by atoms with Crippen LogP contribution in [-0.2, 0) is 6.54 Å². The lowest BCUT2D eigenvalue weighted by Gasteiger charge is -2.36. The zero-order chi connectivity index (χ0) is 17.1. The van der Waals surface area contributed by atoms with E-state index in [1.54, 1.807) is 19.2 Å². The Bertz CT molecular complexity index is 718. The van der Waals surface area contributed by atoms with Gasteiger partial charge in [0.25, 0.3) is 0 Å². The molecule has 128 valence electrons. The summed E-state index contributed by atoms with van der Waals surface area (Å²) in [6.45, 7) is 3.76. The molecule has 0 radical (unpaired) electrons. The van der Waals surface area contributed by atoms with Crippen molar-refractivity contribution in [3.63, 3.8) is 0 Å². The minimum absolute atomic E-state index is 0.178. The second kappa shape index (κ2) is 7.40. The van der Waals surface area contributed by atoms with Gasteiger partial charge in [-0.15, -0.1) is 0 Å². The van der Waals surface area contributed by atoms with E-state index in [4.69, 9.17) is 4.74 Å². The van der Waals surface area contributed by atoms with Gasteiger partial charge in [0, 0.05) is 42.8 Å². The molecule has 1 N–H and O–H groups in total. The Kier molecular flexibility index (Phi) is 5.26. The van der Waals surface area contributed by atoms with E-state index in [1.807, 2.05) is 18.2 Å². The Morgan fingerprint density at radius 1 is 1.17 bits per heavy atom. The van der Waals surface area contributed by atoms with Crippen molar-refractivity contribution < 1.29 is 14.2 Å². The molecule has 1 aliphatic heterocycles. The number of aromatic hydroxyl groups is 1. The Morgan fingerprint density at radius 3 is 2.54 bits per heavy atom. The van der Waals surface area contributed by atoms with E-state index in [-0.39, 0.29) is 11.6 Å². The number of rotatable bonds is 4. The van der Waals surface area contributed by atoms with Gasteiger partial charge in [-0.2, -0.15) is 0 Å². The van der Waals surface area contributed by atoms with E-state index in [1.165, 1.54) is 6.07 Å². The van der Waals surface area contributed by atoms with E-state index in [0.29, 0.717) is 18.0 Å². The van der Waals surface area contributed by atoms with Crippen LogP contribution in [-0.4, -0.2) is 43.3 Å². The number of anilines is 1. The van der Waals surface area contributed by atoms with E-state index in [0.717, 1.165) is 36.2 Å². The first-order chi connectivity index (χ1) is 11.6. The average Bonchev–Trinajstić information content (AvgIpc) is 2.59. The van der Waals surface area contributed by atoms with Gasteiger partial charge in [-0.25, -0.2) is 4.39 Å². The predicted octanol–water partition coefficient (Wildman–Crippen LogP) is 3.62. The minimum atomic E-state index is -0.180. The van der Waals surface area contributed by atoms with Crippen LogP contribution in [0.5, 0.6) is 11.5 Å². The van der Waals surface area contributed by atoms with Gasteiger partial charge in [0.05, 0.1) is 12.8 Å². The highest BCUT2D eigenvalue weighted by Crippen LogP contribution is 2.34. The summed E-state index contributed by atoms with van der Waals surface area (Å²) in [4.78, 5) is 4.31. The molecule has 0 aliphatic carbocycles. The van der Waals surface area contributed by atoms with Gasteiger partial charge in [0.2, 0.25) is 0 Å². The summed E-state index contributed by atoms with van der Waals surface area (Å²) in [6.07, 6.45) is 0. The van der Waals surface area contributed by atoms with Crippen molar-refractivity contribution in [3.8, 4) is 11.5 Å². The molecule has 24 heavy (non-hydrogen) atoms. The first-order valence-corrected chi connectivity index (χ1v) is 8.65. The van der Waals surface area contributed by atoms with Gasteiger partial charge in [-0.3, -0.25) is 4.90 Å². The number of hydrogen-bond donors (Lipinski definition) is 1. The zero-order valence-electron chi connectivity index (χ0n) is 13.5. The highest BCUT2D eigenvalue weighted by Gasteiger charge is 2.21. The third kappa shape index (κ3) is 3.65. The van der Waals surface area contributed by atoms with Crippen LogP contribution < -0.4 is 9.64 Å². The molecule has 1 fully saturated rings. The van der Waals surface area contributed by atoms with Gasteiger partial charge >= 0.3 is 0 Å². The first-order valence-electron chi connectivity index (χ1n) is 7.85. The topological polar surface area (TPSA) is 35.9 Å². The number of ether oxygens (including phenoxy) is 1. The summed E-state index contributed by atoms with van der Waals surface area (Å²) in [7, 11) is 1.54. The fourth-order valence-electron chi connectivity index (χ4n) is 3.00. The van der Waals surface area contributed by atoms with Gasteiger partial charge < -0.3 is 14.7 Å². The van der Waals surface area contributed by atoms with Crippen molar-refractivity contribution >= 4 is 21.6 Å². The van der Waals surface area contributed by atoms with Crippen LogP contribution in [0, 0.1) is 5.82 Å².